The van der Waals surface area contributed by atoms with E-state index in [1.54, 1.807) is 6.92 Å². The minimum atomic E-state index is -0.00981. The van der Waals surface area contributed by atoms with Crippen LogP contribution in [0.5, 0.6) is 0 Å². The molecule has 3 rings (SSSR count). The topological polar surface area (TPSA) is 58.4 Å². The Hall–Kier alpha value is -1.36. The molecule has 16 heavy (non-hydrogen) atoms. The lowest BCUT2D eigenvalue weighted by Crippen LogP contribution is -2.32. The number of aryl methyl sites for hydroxylation is 1. The van der Waals surface area contributed by atoms with Crippen LogP contribution in [0.4, 0.5) is 0 Å². The molecule has 2 aliphatic rings. The Balaban J connectivity index is 1.75. The van der Waals surface area contributed by atoms with Crippen LogP contribution in [-0.4, -0.2) is 42.0 Å². The quantitative estimate of drug-likeness (QED) is 0.739. The second kappa shape index (κ2) is 3.59. The van der Waals surface area contributed by atoms with Crippen LogP contribution < -0.4 is 5.32 Å². The molecule has 0 bridgehead atoms. The molecule has 5 nitrogen and oxygen atoms in total. The number of likely N-dealkylation sites (tertiary alicyclic amines) is 1. The van der Waals surface area contributed by atoms with Crippen molar-refractivity contribution in [1.29, 1.82) is 0 Å². The van der Waals surface area contributed by atoms with E-state index >= 15 is 0 Å². The molecule has 0 radical (unpaired) electrons. The Kier molecular flexibility index (Phi) is 2.21. The highest BCUT2D eigenvalue weighted by molar-refractivity contribution is 5.92. The Morgan fingerprint density at radius 3 is 2.75 bits per heavy atom. The van der Waals surface area contributed by atoms with Gasteiger partial charge in [-0.05, 0) is 18.8 Å². The first kappa shape index (κ1) is 9.84. The minimum absolute atomic E-state index is 0.00981. The SMILES string of the molecule is Cc1ncoc1C(=O)N1C[C@H]2CNC[C@H]2C1. The first-order valence-electron chi connectivity index (χ1n) is 5.66. The number of amides is 1. The van der Waals surface area contributed by atoms with Gasteiger partial charge in [0.25, 0.3) is 5.91 Å². The molecule has 0 aliphatic carbocycles. The van der Waals surface area contributed by atoms with E-state index in [-0.39, 0.29) is 5.91 Å². The maximum absolute atomic E-state index is 12.1. The predicted molar refractivity (Wildman–Crippen MR) is 57.0 cm³/mol. The van der Waals surface area contributed by atoms with Crippen molar-refractivity contribution in [2.45, 2.75) is 6.92 Å². The highest BCUT2D eigenvalue weighted by Crippen LogP contribution is 2.27. The third kappa shape index (κ3) is 1.43. The third-order valence-electron chi connectivity index (χ3n) is 3.62. The Bertz CT molecular complexity index is 403. The number of nitrogens with zero attached hydrogens (tertiary/aromatic N) is 2. The van der Waals surface area contributed by atoms with Crippen molar-refractivity contribution in [1.82, 2.24) is 15.2 Å². The van der Waals surface area contributed by atoms with Crippen molar-refractivity contribution < 1.29 is 9.21 Å². The van der Waals surface area contributed by atoms with E-state index in [2.05, 4.69) is 10.3 Å². The van der Waals surface area contributed by atoms with Crippen molar-refractivity contribution in [3.05, 3.63) is 17.8 Å². The van der Waals surface area contributed by atoms with Gasteiger partial charge in [0.05, 0.1) is 5.69 Å². The number of fused-ring (bicyclic) bond motifs is 1. The standard InChI is InChI=1S/C11H15N3O2/c1-7-10(16-6-13-7)11(15)14-4-8-2-12-3-9(8)5-14/h6,8-9,12H,2-5H2,1H3/t8-,9+. The average molecular weight is 221 g/mol. The Labute approximate surface area is 93.8 Å². The van der Waals surface area contributed by atoms with Gasteiger partial charge in [0, 0.05) is 26.2 Å². The molecule has 0 spiro atoms. The van der Waals surface area contributed by atoms with Crippen LogP contribution in [0.25, 0.3) is 0 Å². The molecule has 2 aliphatic heterocycles. The van der Waals surface area contributed by atoms with Gasteiger partial charge in [0.2, 0.25) is 5.76 Å². The van der Waals surface area contributed by atoms with Crippen LogP contribution in [-0.2, 0) is 0 Å². The lowest BCUT2D eigenvalue weighted by molar-refractivity contribution is 0.0749. The summed E-state index contributed by atoms with van der Waals surface area (Å²) in [5.74, 6) is 1.62. The Morgan fingerprint density at radius 2 is 2.19 bits per heavy atom. The van der Waals surface area contributed by atoms with Crippen LogP contribution in [0.1, 0.15) is 16.2 Å². The number of oxazole rings is 1. The summed E-state index contributed by atoms with van der Waals surface area (Å²) in [6.07, 6.45) is 1.33. The zero-order valence-corrected chi connectivity index (χ0v) is 9.27. The number of rotatable bonds is 1. The molecule has 0 saturated carbocycles. The predicted octanol–water partition coefficient (Wildman–Crippen LogP) is 0.274. The van der Waals surface area contributed by atoms with Gasteiger partial charge in [-0.2, -0.15) is 0 Å². The second-order valence-corrected chi connectivity index (χ2v) is 4.66. The number of hydrogen-bond donors (Lipinski definition) is 1. The molecule has 0 unspecified atom stereocenters. The highest BCUT2D eigenvalue weighted by Gasteiger charge is 2.39. The molecule has 2 atom stereocenters. The summed E-state index contributed by atoms with van der Waals surface area (Å²) in [6, 6.07) is 0. The number of carbonyl (C=O) groups excluding carboxylic acids is 1. The smallest absolute Gasteiger partial charge is 0.291 e. The van der Waals surface area contributed by atoms with E-state index in [9.17, 15) is 4.79 Å². The van der Waals surface area contributed by atoms with Gasteiger partial charge in [-0.3, -0.25) is 4.79 Å². The van der Waals surface area contributed by atoms with Gasteiger partial charge in [0.1, 0.15) is 0 Å². The summed E-state index contributed by atoms with van der Waals surface area (Å²) in [5.41, 5.74) is 0.681. The van der Waals surface area contributed by atoms with Gasteiger partial charge in [0.15, 0.2) is 6.39 Å². The first-order valence-corrected chi connectivity index (χ1v) is 5.66. The van der Waals surface area contributed by atoms with Gasteiger partial charge < -0.3 is 14.6 Å². The average Bonchev–Trinajstić information content (AvgIpc) is 2.89. The lowest BCUT2D eigenvalue weighted by Gasteiger charge is -2.15. The molecule has 1 N–H and O–H groups in total. The maximum atomic E-state index is 12.1. The van der Waals surface area contributed by atoms with Gasteiger partial charge in [-0.1, -0.05) is 0 Å². The molecule has 86 valence electrons. The highest BCUT2D eigenvalue weighted by atomic mass is 16.3. The summed E-state index contributed by atoms with van der Waals surface area (Å²) < 4.78 is 5.14. The lowest BCUT2D eigenvalue weighted by atomic mass is 10.0. The normalized spacial score (nSPS) is 28.4. The maximum Gasteiger partial charge on any atom is 0.291 e. The number of hydrogen-bond acceptors (Lipinski definition) is 4. The first-order chi connectivity index (χ1) is 7.75. The largest absolute Gasteiger partial charge is 0.438 e. The Morgan fingerprint density at radius 1 is 1.50 bits per heavy atom. The molecule has 2 fully saturated rings. The van der Waals surface area contributed by atoms with E-state index in [1.165, 1.54) is 6.39 Å². The fraction of sp³-hybridized carbons (Fsp3) is 0.636. The molecule has 3 heterocycles. The molecule has 2 saturated heterocycles. The van der Waals surface area contributed by atoms with Crippen LogP contribution >= 0.6 is 0 Å². The van der Waals surface area contributed by atoms with Gasteiger partial charge in [-0.15, -0.1) is 0 Å². The van der Waals surface area contributed by atoms with E-state index in [0.717, 1.165) is 26.2 Å². The molecule has 1 amide bonds. The zero-order chi connectivity index (χ0) is 11.1. The summed E-state index contributed by atoms with van der Waals surface area (Å²) in [5, 5.41) is 3.36. The van der Waals surface area contributed by atoms with Gasteiger partial charge in [-0.25, -0.2) is 4.98 Å². The monoisotopic (exact) mass is 221 g/mol. The fourth-order valence-corrected chi connectivity index (χ4v) is 2.67. The number of carbonyl (C=O) groups is 1. The molecule has 0 aromatic carbocycles. The summed E-state index contributed by atoms with van der Waals surface area (Å²) in [6.45, 7) is 5.55. The molecule has 1 aromatic heterocycles. The minimum Gasteiger partial charge on any atom is -0.438 e. The van der Waals surface area contributed by atoms with Crippen molar-refractivity contribution in [2.75, 3.05) is 26.2 Å². The van der Waals surface area contributed by atoms with Crippen molar-refractivity contribution in [2.24, 2.45) is 11.8 Å². The van der Waals surface area contributed by atoms with Crippen molar-refractivity contribution in [3.63, 3.8) is 0 Å². The van der Waals surface area contributed by atoms with E-state index < -0.39 is 0 Å². The van der Waals surface area contributed by atoms with Crippen molar-refractivity contribution >= 4 is 5.91 Å². The fourth-order valence-electron chi connectivity index (χ4n) is 2.67. The van der Waals surface area contributed by atoms with Crippen molar-refractivity contribution in [3.8, 4) is 0 Å². The summed E-state index contributed by atoms with van der Waals surface area (Å²) in [7, 11) is 0. The second-order valence-electron chi connectivity index (χ2n) is 4.66. The van der Waals surface area contributed by atoms with E-state index in [1.807, 2.05) is 4.90 Å². The molecule has 1 aromatic rings. The molecule has 5 heteroatoms. The number of nitrogens with one attached hydrogen (secondary N) is 1. The van der Waals surface area contributed by atoms with Crippen LogP contribution in [0.3, 0.4) is 0 Å². The van der Waals surface area contributed by atoms with Crippen LogP contribution in [0.15, 0.2) is 10.8 Å². The summed E-state index contributed by atoms with van der Waals surface area (Å²) >= 11 is 0. The molecular formula is C11H15N3O2. The molecular weight excluding hydrogens is 206 g/mol. The van der Waals surface area contributed by atoms with Crippen LogP contribution in [0, 0.1) is 18.8 Å². The third-order valence-corrected chi connectivity index (χ3v) is 3.62. The van der Waals surface area contributed by atoms with E-state index in [4.69, 9.17) is 4.42 Å². The summed E-state index contributed by atoms with van der Waals surface area (Å²) in [4.78, 5) is 18.0. The van der Waals surface area contributed by atoms with Gasteiger partial charge >= 0.3 is 0 Å². The van der Waals surface area contributed by atoms with E-state index in [0.29, 0.717) is 23.3 Å². The zero-order valence-electron chi connectivity index (χ0n) is 9.27. The number of aromatic nitrogens is 1. The van der Waals surface area contributed by atoms with Crippen LogP contribution in [0.2, 0.25) is 0 Å².